The second-order valence-corrected chi connectivity index (χ2v) is 4.75. The fourth-order valence-corrected chi connectivity index (χ4v) is 1.66. The van der Waals surface area contributed by atoms with Crippen molar-refractivity contribution in [2.45, 2.75) is 52.7 Å². The molecule has 1 fully saturated rings. The molecule has 0 aliphatic carbocycles. The molecule has 15 heavy (non-hydrogen) atoms. The van der Waals surface area contributed by atoms with Gasteiger partial charge in [0.05, 0.1) is 13.2 Å². The van der Waals surface area contributed by atoms with Gasteiger partial charge in [-0.05, 0) is 32.1 Å². The normalized spacial score (nSPS) is 19.9. The van der Waals surface area contributed by atoms with E-state index < -0.39 is 0 Å². The molecule has 1 heterocycles. The highest BCUT2D eigenvalue weighted by atomic mass is 16.7. The molecule has 88 valence electrons. The minimum atomic E-state index is 0.00838. The van der Waals surface area contributed by atoms with Crippen LogP contribution in [0.25, 0.3) is 0 Å². The first-order valence-corrected chi connectivity index (χ1v) is 6.07. The zero-order valence-electron chi connectivity index (χ0n) is 10.3. The Balaban J connectivity index is 2.18. The molecule has 0 aromatic carbocycles. The summed E-state index contributed by atoms with van der Waals surface area (Å²) in [5, 5.41) is 0. The van der Waals surface area contributed by atoms with Crippen molar-refractivity contribution in [1.29, 1.82) is 0 Å². The van der Waals surface area contributed by atoms with Crippen LogP contribution >= 0.6 is 0 Å². The maximum atomic E-state index is 5.51. The Bertz CT molecular complexity index is 191. The van der Waals surface area contributed by atoms with Crippen molar-refractivity contribution in [2.24, 2.45) is 5.92 Å². The lowest BCUT2D eigenvalue weighted by molar-refractivity contribution is -0.176. The monoisotopic (exact) mass is 212 g/mol. The number of hydrogen-bond donors (Lipinski definition) is 0. The van der Waals surface area contributed by atoms with E-state index in [-0.39, 0.29) is 6.29 Å². The fraction of sp³-hybridized carbons (Fsp3) is 0.846. The summed E-state index contributed by atoms with van der Waals surface area (Å²) in [6, 6.07) is 0. The molecule has 1 aliphatic heterocycles. The summed E-state index contributed by atoms with van der Waals surface area (Å²) in [5.74, 6) is 0.788. The lowest BCUT2D eigenvalue weighted by atomic mass is 10.1. The van der Waals surface area contributed by atoms with Gasteiger partial charge in [0.1, 0.15) is 0 Å². The third kappa shape index (κ3) is 5.95. The Morgan fingerprint density at radius 3 is 2.60 bits per heavy atom. The third-order valence-corrected chi connectivity index (χ3v) is 2.62. The summed E-state index contributed by atoms with van der Waals surface area (Å²) in [6.45, 7) is 8.39. The van der Waals surface area contributed by atoms with E-state index in [4.69, 9.17) is 9.47 Å². The van der Waals surface area contributed by atoms with Crippen LogP contribution in [0.2, 0.25) is 0 Å². The Morgan fingerprint density at radius 2 is 2.00 bits per heavy atom. The van der Waals surface area contributed by atoms with Crippen LogP contribution in [-0.4, -0.2) is 19.5 Å². The predicted molar refractivity (Wildman–Crippen MR) is 62.8 cm³/mol. The van der Waals surface area contributed by atoms with Gasteiger partial charge >= 0.3 is 0 Å². The lowest BCUT2D eigenvalue weighted by Crippen LogP contribution is -2.24. The van der Waals surface area contributed by atoms with E-state index in [9.17, 15) is 0 Å². The molecule has 0 amide bonds. The van der Waals surface area contributed by atoms with Crippen LogP contribution in [0.4, 0.5) is 0 Å². The zero-order chi connectivity index (χ0) is 11.1. The first kappa shape index (κ1) is 12.7. The SMILES string of the molecule is CC(=CCCC(C)C)CC1OCCCO1. The molecule has 0 aromatic rings. The third-order valence-electron chi connectivity index (χ3n) is 2.62. The minimum absolute atomic E-state index is 0.00838. The molecule has 0 aromatic heterocycles. The van der Waals surface area contributed by atoms with Gasteiger partial charge in [0.15, 0.2) is 6.29 Å². The van der Waals surface area contributed by atoms with Crippen LogP contribution in [0.3, 0.4) is 0 Å². The second-order valence-electron chi connectivity index (χ2n) is 4.75. The summed E-state index contributed by atoms with van der Waals surface area (Å²) < 4.78 is 11.0. The van der Waals surface area contributed by atoms with E-state index in [2.05, 4.69) is 26.8 Å². The van der Waals surface area contributed by atoms with E-state index in [1.165, 1.54) is 18.4 Å². The molecule has 2 nitrogen and oxygen atoms in total. The minimum Gasteiger partial charge on any atom is -0.352 e. The van der Waals surface area contributed by atoms with Crippen LogP contribution in [-0.2, 0) is 9.47 Å². The van der Waals surface area contributed by atoms with Crippen LogP contribution in [0, 0.1) is 5.92 Å². The highest BCUT2D eigenvalue weighted by molar-refractivity contribution is 4.98. The van der Waals surface area contributed by atoms with Gasteiger partial charge in [0, 0.05) is 6.42 Å². The van der Waals surface area contributed by atoms with E-state index in [1.54, 1.807) is 0 Å². The second kappa shape index (κ2) is 7.02. The molecule has 0 spiro atoms. The van der Waals surface area contributed by atoms with Gasteiger partial charge in [-0.1, -0.05) is 25.5 Å². The van der Waals surface area contributed by atoms with Crippen molar-refractivity contribution in [3.8, 4) is 0 Å². The highest BCUT2D eigenvalue weighted by Gasteiger charge is 2.13. The Hall–Kier alpha value is -0.340. The highest BCUT2D eigenvalue weighted by Crippen LogP contribution is 2.15. The van der Waals surface area contributed by atoms with Crippen LogP contribution < -0.4 is 0 Å². The summed E-state index contributed by atoms with van der Waals surface area (Å²) in [4.78, 5) is 0. The van der Waals surface area contributed by atoms with Crippen molar-refractivity contribution < 1.29 is 9.47 Å². The lowest BCUT2D eigenvalue weighted by Gasteiger charge is -2.23. The average Bonchev–Trinajstić information content (AvgIpc) is 2.18. The molecule has 0 radical (unpaired) electrons. The number of hydrogen-bond acceptors (Lipinski definition) is 2. The van der Waals surface area contributed by atoms with E-state index in [1.807, 2.05) is 0 Å². The molecule has 2 heteroatoms. The number of allylic oxidation sites excluding steroid dienone is 1. The fourth-order valence-electron chi connectivity index (χ4n) is 1.66. The van der Waals surface area contributed by atoms with Gasteiger partial charge in [-0.3, -0.25) is 0 Å². The summed E-state index contributed by atoms with van der Waals surface area (Å²) in [7, 11) is 0. The first-order valence-electron chi connectivity index (χ1n) is 6.07. The standard InChI is InChI=1S/C13H24O2/c1-11(2)6-4-7-12(3)10-13-14-8-5-9-15-13/h7,11,13H,4-6,8-10H2,1-3H3. The molecule has 1 aliphatic rings. The quantitative estimate of drug-likeness (QED) is 0.649. The largest absolute Gasteiger partial charge is 0.352 e. The summed E-state index contributed by atoms with van der Waals surface area (Å²) >= 11 is 0. The Labute approximate surface area is 93.7 Å². The predicted octanol–water partition coefficient (Wildman–Crippen LogP) is 3.52. The van der Waals surface area contributed by atoms with Crippen molar-refractivity contribution in [2.75, 3.05) is 13.2 Å². The van der Waals surface area contributed by atoms with Gasteiger partial charge in [-0.25, -0.2) is 0 Å². The average molecular weight is 212 g/mol. The van der Waals surface area contributed by atoms with Gasteiger partial charge in [0.25, 0.3) is 0 Å². The Morgan fingerprint density at radius 1 is 1.33 bits per heavy atom. The van der Waals surface area contributed by atoms with Crippen LogP contribution in [0.1, 0.15) is 46.5 Å². The summed E-state index contributed by atoms with van der Waals surface area (Å²) in [6.07, 6.45) is 6.74. The van der Waals surface area contributed by atoms with Gasteiger partial charge in [-0.2, -0.15) is 0 Å². The molecule has 0 unspecified atom stereocenters. The van der Waals surface area contributed by atoms with Gasteiger partial charge < -0.3 is 9.47 Å². The molecule has 1 saturated heterocycles. The topological polar surface area (TPSA) is 18.5 Å². The maximum Gasteiger partial charge on any atom is 0.161 e. The van der Waals surface area contributed by atoms with Crippen molar-refractivity contribution in [1.82, 2.24) is 0 Å². The maximum absolute atomic E-state index is 5.51. The van der Waals surface area contributed by atoms with Crippen LogP contribution in [0.5, 0.6) is 0 Å². The van der Waals surface area contributed by atoms with Gasteiger partial charge in [0.2, 0.25) is 0 Å². The molecule has 0 N–H and O–H groups in total. The van der Waals surface area contributed by atoms with E-state index in [0.717, 1.165) is 32.0 Å². The Kier molecular flexibility index (Phi) is 5.96. The van der Waals surface area contributed by atoms with E-state index in [0.29, 0.717) is 0 Å². The molecule has 0 saturated carbocycles. The first-order chi connectivity index (χ1) is 7.18. The number of rotatable bonds is 5. The number of ether oxygens (including phenoxy) is 2. The zero-order valence-corrected chi connectivity index (χ0v) is 10.3. The van der Waals surface area contributed by atoms with Gasteiger partial charge in [-0.15, -0.1) is 0 Å². The smallest absolute Gasteiger partial charge is 0.161 e. The summed E-state index contributed by atoms with van der Waals surface area (Å²) in [5.41, 5.74) is 1.39. The van der Waals surface area contributed by atoms with Crippen molar-refractivity contribution in [3.05, 3.63) is 11.6 Å². The van der Waals surface area contributed by atoms with E-state index >= 15 is 0 Å². The molecule has 0 atom stereocenters. The molecular weight excluding hydrogens is 188 g/mol. The van der Waals surface area contributed by atoms with Crippen molar-refractivity contribution in [3.63, 3.8) is 0 Å². The van der Waals surface area contributed by atoms with Crippen LogP contribution in [0.15, 0.2) is 11.6 Å². The van der Waals surface area contributed by atoms with Crippen molar-refractivity contribution >= 4 is 0 Å². The molecular formula is C13H24O2. The molecule has 1 rings (SSSR count). The molecule has 0 bridgehead atoms.